The number of carboxylic acid groups (broad SMARTS) is 1. The maximum Gasteiger partial charge on any atom is 0.335 e. The van der Waals surface area contributed by atoms with Crippen LogP contribution in [0.5, 0.6) is 0 Å². The number of rotatable bonds is 3. The minimum absolute atomic E-state index is 0.0832. The van der Waals surface area contributed by atoms with E-state index in [4.69, 9.17) is 5.11 Å². The largest absolute Gasteiger partial charge is 0.478 e. The number of aliphatic hydroxyl groups excluding tert-OH is 1. The number of nitrogens with one attached hydrogen (secondary N) is 1. The van der Waals surface area contributed by atoms with Crippen molar-refractivity contribution in [2.75, 3.05) is 5.32 Å². The summed E-state index contributed by atoms with van der Waals surface area (Å²) in [5.74, 6) is -1.81. The van der Waals surface area contributed by atoms with Gasteiger partial charge in [-0.2, -0.15) is 0 Å². The standard InChI is InChI=1S/C16H13BrN2O5/c17-9-5-11-12(20)6-16(24,13(11)18-7-9)15(23)19-10-3-1-8(2-4-10)14(21)22/h1-5,7,12,20,24H,6H2,(H,19,23)(H,21,22). The van der Waals surface area contributed by atoms with E-state index in [-0.39, 0.29) is 17.7 Å². The molecule has 1 aromatic heterocycles. The summed E-state index contributed by atoms with van der Waals surface area (Å²) < 4.78 is 0.634. The second-order valence-electron chi connectivity index (χ2n) is 5.51. The van der Waals surface area contributed by atoms with Gasteiger partial charge in [0.05, 0.1) is 17.4 Å². The number of aromatic nitrogens is 1. The Hall–Kier alpha value is -2.29. The van der Waals surface area contributed by atoms with Crippen molar-refractivity contribution < 1.29 is 24.9 Å². The number of nitrogens with zero attached hydrogens (tertiary/aromatic N) is 1. The van der Waals surface area contributed by atoms with Gasteiger partial charge in [-0.1, -0.05) is 0 Å². The molecule has 4 N–H and O–H groups in total. The minimum atomic E-state index is -1.96. The first kappa shape index (κ1) is 16.6. The number of hydrogen-bond acceptors (Lipinski definition) is 5. The molecule has 0 fully saturated rings. The van der Waals surface area contributed by atoms with Crippen LogP contribution in [0.2, 0.25) is 0 Å². The molecule has 3 rings (SSSR count). The van der Waals surface area contributed by atoms with Gasteiger partial charge in [-0.3, -0.25) is 9.78 Å². The van der Waals surface area contributed by atoms with Crippen molar-refractivity contribution >= 4 is 33.5 Å². The van der Waals surface area contributed by atoms with Gasteiger partial charge in [0.2, 0.25) is 0 Å². The van der Waals surface area contributed by atoms with E-state index in [1.54, 1.807) is 6.07 Å². The highest BCUT2D eigenvalue weighted by Gasteiger charge is 2.49. The monoisotopic (exact) mass is 392 g/mol. The van der Waals surface area contributed by atoms with Crippen LogP contribution in [0.3, 0.4) is 0 Å². The number of carbonyl (C=O) groups excluding carboxylic acids is 1. The van der Waals surface area contributed by atoms with Crippen LogP contribution >= 0.6 is 15.9 Å². The Bertz CT molecular complexity index is 824. The fraction of sp³-hybridized carbons (Fsp3) is 0.188. The number of fused-ring (bicyclic) bond motifs is 1. The van der Waals surface area contributed by atoms with E-state index in [1.807, 2.05) is 0 Å². The van der Waals surface area contributed by atoms with E-state index in [0.717, 1.165) is 0 Å². The van der Waals surface area contributed by atoms with Crippen LogP contribution in [-0.2, 0) is 10.4 Å². The third-order valence-electron chi connectivity index (χ3n) is 3.89. The van der Waals surface area contributed by atoms with E-state index in [1.165, 1.54) is 30.5 Å². The highest BCUT2D eigenvalue weighted by Crippen LogP contribution is 2.43. The number of aromatic carboxylic acids is 1. The molecule has 8 heteroatoms. The quantitative estimate of drug-likeness (QED) is 0.632. The highest BCUT2D eigenvalue weighted by atomic mass is 79.9. The average Bonchev–Trinajstić information content (AvgIpc) is 2.79. The van der Waals surface area contributed by atoms with Gasteiger partial charge in [0, 0.05) is 28.3 Å². The molecule has 2 atom stereocenters. The van der Waals surface area contributed by atoms with Crippen molar-refractivity contribution in [2.45, 2.75) is 18.1 Å². The molecule has 0 aliphatic heterocycles. The van der Waals surface area contributed by atoms with Gasteiger partial charge in [0.25, 0.3) is 5.91 Å². The number of carbonyl (C=O) groups is 2. The Labute approximate surface area is 145 Å². The van der Waals surface area contributed by atoms with Crippen molar-refractivity contribution in [3.05, 3.63) is 57.8 Å². The Kier molecular flexibility index (Phi) is 4.12. The topological polar surface area (TPSA) is 120 Å². The molecular weight excluding hydrogens is 380 g/mol. The fourth-order valence-corrected chi connectivity index (χ4v) is 3.02. The summed E-state index contributed by atoms with van der Waals surface area (Å²) in [5, 5.41) is 32.2. The molecule has 0 saturated carbocycles. The smallest absolute Gasteiger partial charge is 0.335 e. The summed E-state index contributed by atoms with van der Waals surface area (Å²) in [7, 11) is 0. The van der Waals surface area contributed by atoms with Crippen molar-refractivity contribution in [1.29, 1.82) is 0 Å². The molecule has 124 valence electrons. The number of halogens is 1. The Balaban J connectivity index is 1.86. The van der Waals surface area contributed by atoms with Gasteiger partial charge >= 0.3 is 5.97 Å². The van der Waals surface area contributed by atoms with Gasteiger partial charge in [0.1, 0.15) is 0 Å². The molecular formula is C16H13BrN2O5. The van der Waals surface area contributed by atoms with Crippen LogP contribution in [0.15, 0.2) is 41.0 Å². The summed E-state index contributed by atoms with van der Waals surface area (Å²) in [6.45, 7) is 0. The van der Waals surface area contributed by atoms with Gasteiger partial charge in [0.15, 0.2) is 5.60 Å². The van der Waals surface area contributed by atoms with Crippen LogP contribution in [0.25, 0.3) is 0 Å². The summed E-state index contributed by atoms with van der Waals surface area (Å²) in [6.07, 6.45) is 0.233. The maximum absolute atomic E-state index is 12.5. The van der Waals surface area contributed by atoms with Crippen molar-refractivity contribution in [2.24, 2.45) is 0 Å². The van der Waals surface area contributed by atoms with Crippen molar-refractivity contribution in [3.63, 3.8) is 0 Å². The number of aliphatic hydroxyl groups is 2. The zero-order valence-corrected chi connectivity index (χ0v) is 13.8. The molecule has 1 heterocycles. The number of anilines is 1. The predicted octanol–water partition coefficient (Wildman–Crippen LogP) is 1.81. The number of hydrogen-bond donors (Lipinski definition) is 4. The summed E-state index contributed by atoms with van der Waals surface area (Å²) in [5.41, 5.74) is -1.04. The first-order chi connectivity index (χ1) is 11.3. The van der Waals surface area contributed by atoms with Crippen LogP contribution < -0.4 is 5.32 Å². The molecule has 0 radical (unpaired) electrons. The normalized spacial score (nSPS) is 22.0. The van der Waals surface area contributed by atoms with Gasteiger partial charge in [-0.05, 0) is 46.3 Å². The molecule has 1 amide bonds. The number of carboxylic acids is 1. The molecule has 2 aromatic rings. The zero-order valence-electron chi connectivity index (χ0n) is 12.2. The van der Waals surface area contributed by atoms with E-state index in [9.17, 15) is 19.8 Å². The van der Waals surface area contributed by atoms with Crippen LogP contribution in [-0.4, -0.2) is 32.2 Å². The van der Waals surface area contributed by atoms with E-state index >= 15 is 0 Å². The van der Waals surface area contributed by atoms with Gasteiger partial charge < -0.3 is 20.6 Å². The molecule has 0 saturated heterocycles. The maximum atomic E-state index is 12.5. The summed E-state index contributed by atoms with van der Waals surface area (Å²) >= 11 is 3.24. The predicted molar refractivity (Wildman–Crippen MR) is 87.4 cm³/mol. The molecule has 24 heavy (non-hydrogen) atoms. The third kappa shape index (κ3) is 2.79. The Morgan fingerprint density at radius 1 is 1.29 bits per heavy atom. The first-order valence-electron chi connectivity index (χ1n) is 7.02. The molecule has 7 nitrogen and oxygen atoms in total. The Morgan fingerprint density at radius 3 is 2.58 bits per heavy atom. The first-order valence-corrected chi connectivity index (χ1v) is 7.82. The minimum Gasteiger partial charge on any atom is -0.478 e. The highest BCUT2D eigenvalue weighted by molar-refractivity contribution is 9.10. The molecule has 2 unspecified atom stereocenters. The van der Waals surface area contributed by atoms with Gasteiger partial charge in [-0.25, -0.2) is 4.79 Å². The van der Waals surface area contributed by atoms with Crippen LogP contribution in [0.4, 0.5) is 5.69 Å². The van der Waals surface area contributed by atoms with Gasteiger partial charge in [-0.15, -0.1) is 0 Å². The number of benzene rings is 1. The molecule has 0 bridgehead atoms. The van der Waals surface area contributed by atoms with E-state index < -0.39 is 23.6 Å². The van der Waals surface area contributed by atoms with E-state index in [2.05, 4.69) is 26.2 Å². The number of pyridine rings is 1. The molecule has 0 spiro atoms. The van der Waals surface area contributed by atoms with Crippen LogP contribution in [0, 0.1) is 0 Å². The molecule has 1 aromatic carbocycles. The van der Waals surface area contributed by atoms with Crippen LogP contribution in [0.1, 0.15) is 34.1 Å². The van der Waals surface area contributed by atoms with Crippen molar-refractivity contribution in [3.8, 4) is 0 Å². The molecule has 1 aliphatic carbocycles. The summed E-state index contributed by atoms with van der Waals surface area (Å²) in [6, 6.07) is 7.14. The van der Waals surface area contributed by atoms with Crippen molar-refractivity contribution in [1.82, 2.24) is 4.98 Å². The Morgan fingerprint density at radius 2 is 1.96 bits per heavy atom. The SMILES string of the molecule is O=C(O)c1ccc(NC(=O)C2(O)CC(O)c3cc(Br)cnc32)cc1. The fourth-order valence-electron chi connectivity index (χ4n) is 2.67. The average molecular weight is 393 g/mol. The second-order valence-corrected chi connectivity index (χ2v) is 6.42. The second kappa shape index (κ2) is 5.97. The lowest BCUT2D eigenvalue weighted by Gasteiger charge is -2.22. The summed E-state index contributed by atoms with van der Waals surface area (Å²) in [4.78, 5) is 27.4. The number of amides is 1. The zero-order chi connectivity index (χ0) is 17.5. The lowest BCUT2D eigenvalue weighted by Crippen LogP contribution is -2.39. The third-order valence-corrected chi connectivity index (χ3v) is 4.32. The lowest BCUT2D eigenvalue weighted by atomic mass is 9.99. The lowest BCUT2D eigenvalue weighted by molar-refractivity contribution is -0.137. The van der Waals surface area contributed by atoms with E-state index in [0.29, 0.717) is 15.7 Å². The molecule has 1 aliphatic rings.